The average molecular weight is 326 g/mol. The summed E-state index contributed by atoms with van der Waals surface area (Å²) in [5, 5.41) is 5.49. The lowest BCUT2D eigenvalue weighted by molar-refractivity contribution is -0.116. The van der Waals surface area contributed by atoms with Gasteiger partial charge >= 0.3 is 0 Å². The largest absolute Gasteiger partial charge is 0.326 e. The van der Waals surface area contributed by atoms with Gasteiger partial charge in [-0.3, -0.25) is 14.9 Å². The average Bonchev–Trinajstić information content (AvgIpc) is 2.52. The molecule has 0 spiro atoms. The Kier molecular flexibility index (Phi) is 6.01. The molecule has 0 atom stereocenters. The molecular weight excluding hydrogens is 304 g/mol. The first-order valence-corrected chi connectivity index (χ1v) is 8.01. The Morgan fingerprint density at radius 2 is 1.62 bits per heavy atom. The van der Waals surface area contributed by atoms with Crippen LogP contribution in [0.3, 0.4) is 0 Å². The highest BCUT2D eigenvalue weighted by atomic mass is 16.2. The number of carbonyl (C=O) groups is 2. The minimum absolute atomic E-state index is 0.0160. The predicted molar refractivity (Wildman–Crippen MR) is 94.1 cm³/mol. The molecule has 0 aliphatic rings. The standard InChI is InChI=1S/C18H22N4O2/c1-4-5-6-16(23)21-15-9-7-14(8-10-15)17(24)22-18-19-12(2)11-13(3)20-18/h7-11H,4-6H2,1-3H3,(H,21,23)(H,19,20,22,24). The molecule has 6 nitrogen and oxygen atoms in total. The number of aryl methyl sites for hydroxylation is 2. The van der Waals surface area contributed by atoms with E-state index >= 15 is 0 Å². The number of hydrogen-bond acceptors (Lipinski definition) is 4. The molecule has 24 heavy (non-hydrogen) atoms. The van der Waals surface area contributed by atoms with Gasteiger partial charge in [0.15, 0.2) is 0 Å². The fourth-order valence-electron chi connectivity index (χ4n) is 2.22. The number of aromatic nitrogens is 2. The molecule has 2 aromatic rings. The summed E-state index contributed by atoms with van der Waals surface area (Å²) in [5.41, 5.74) is 2.74. The molecule has 2 rings (SSSR count). The first kappa shape index (κ1) is 17.6. The van der Waals surface area contributed by atoms with E-state index in [1.807, 2.05) is 26.8 Å². The van der Waals surface area contributed by atoms with Crippen molar-refractivity contribution >= 4 is 23.5 Å². The maximum Gasteiger partial charge on any atom is 0.258 e. The van der Waals surface area contributed by atoms with Crippen LogP contribution in [0, 0.1) is 13.8 Å². The normalized spacial score (nSPS) is 10.3. The number of rotatable bonds is 6. The van der Waals surface area contributed by atoms with E-state index < -0.39 is 0 Å². The molecule has 2 N–H and O–H groups in total. The molecule has 0 aliphatic heterocycles. The Bertz CT molecular complexity index is 706. The zero-order chi connectivity index (χ0) is 17.5. The van der Waals surface area contributed by atoms with Gasteiger partial charge in [-0.2, -0.15) is 0 Å². The fourth-order valence-corrected chi connectivity index (χ4v) is 2.22. The van der Waals surface area contributed by atoms with Crippen molar-refractivity contribution in [3.8, 4) is 0 Å². The second-order valence-corrected chi connectivity index (χ2v) is 5.66. The predicted octanol–water partition coefficient (Wildman–Crippen LogP) is 3.47. The lowest BCUT2D eigenvalue weighted by Crippen LogP contribution is -2.15. The number of nitrogens with one attached hydrogen (secondary N) is 2. The molecule has 1 heterocycles. The molecule has 1 aromatic carbocycles. The second-order valence-electron chi connectivity index (χ2n) is 5.66. The third-order valence-corrected chi connectivity index (χ3v) is 3.40. The van der Waals surface area contributed by atoms with Crippen molar-refractivity contribution in [3.05, 3.63) is 47.3 Å². The van der Waals surface area contributed by atoms with E-state index in [0.717, 1.165) is 24.2 Å². The van der Waals surface area contributed by atoms with Gasteiger partial charge in [0.2, 0.25) is 11.9 Å². The molecule has 6 heteroatoms. The first-order valence-electron chi connectivity index (χ1n) is 8.01. The summed E-state index contributed by atoms with van der Waals surface area (Å²) in [5.74, 6) is -0.0176. The topological polar surface area (TPSA) is 84.0 Å². The van der Waals surface area contributed by atoms with Crippen LogP contribution in [0.5, 0.6) is 0 Å². The summed E-state index contributed by atoms with van der Waals surface area (Å²) in [7, 11) is 0. The molecule has 2 amide bonds. The third-order valence-electron chi connectivity index (χ3n) is 3.40. The van der Waals surface area contributed by atoms with E-state index in [9.17, 15) is 9.59 Å². The van der Waals surface area contributed by atoms with E-state index in [1.54, 1.807) is 24.3 Å². The molecule has 0 aliphatic carbocycles. The van der Waals surface area contributed by atoms with Crippen LogP contribution in [-0.2, 0) is 4.79 Å². The molecule has 0 unspecified atom stereocenters. The quantitative estimate of drug-likeness (QED) is 0.851. The Labute approximate surface area is 141 Å². The summed E-state index contributed by atoms with van der Waals surface area (Å²) in [6.07, 6.45) is 2.35. The maximum absolute atomic E-state index is 12.2. The van der Waals surface area contributed by atoms with Crippen molar-refractivity contribution in [1.29, 1.82) is 0 Å². The van der Waals surface area contributed by atoms with Gasteiger partial charge in [-0.1, -0.05) is 13.3 Å². The van der Waals surface area contributed by atoms with Crippen LogP contribution >= 0.6 is 0 Å². The molecule has 126 valence electrons. The molecule has 0 saturated heterocycles. The molecule has 0 saturated carbocycles. The van der Waals surface area contributed by atoms with Crippen LogP contribution in [-0.4, -0.2) is 21.8 Å². The summed E-state index contributed by atoms with van der Waals surface area (Å²) in [6.45, 7) is 5.74. The molecule has 0 bridgehead atoms. The van der Waals surface area contributed by atoms with Gasteiger partial charge in [0.1, 0.15) is 0 Å². The number of unbranched alkanes of at least 4 members (excludes halogenated alkanes) is 1. The molecular formula is C18H22N4O2. The highest BCUT2D eigenvalue weighted by Gasteiger charge is 2.09. The molecule has 1 aromatic heterocycles. The Morgan fingerprint density at radius 1 is 1.00 bits per heavy atom. The highest BCUT2D eigenvalue weighted by Crippen LogP contribution is 2.12. The van der Waals surface area contributed by atoms with E-state index in [-0.39, 0.29) is 17.8 Å². The van der Waals surface area contributed by atoms with Gasteiger partial charge in [-0.15, -0.1) is 0 Å². The van der Waals surface area contributed by atoms with Crippen LogP contribution < -0.4 is 10.6 Å². The van der Waals surface area contributed by atoms with Crippen molar-refractivity contribution in [2.75, 3.05) is 10.6 Å². The van der Waals surface area contributed by atoms with E-state index in [1.165, 1.54) is 0 Å². The number of anilines is 2. The maximum atomic E-state index is 12.2. The van der Waals surface area contributed by atoms with E-state index in [4.69, 9.17) is 0 Å². The minimum Gasteiger partial charge on any atom is -0.326 e. The van der Waals surface area contributed by atoms with Crippen LogP contribution in [0.15, 0.2) is 30.3 Å². The highest BCUT2D eigenvalue weighted by molar-refractivity contribution is 6.03. The van der Waals surface area contributed by atoms with Crippen molar-refractivity contribution in [1.82, 2.24) is 9.97 Å². The van der Waals surface area contributed by atoms with Gasteiger partial charge in [0.25, 0.3) is 5.91 Å². The fraction of sp³-hybridized carbons (Fsp3) is 0.333. The number of amides is 2. The van der Waals surface area contributed by atoms with Crippen molar-refractivity contribution in [2.24, 2.45) is 0 Å². The van der Waals surface area contributed by atoms with Gasteiger partial charge in [0.05, 0.1) is 0 Å². The number of benzene rings is 1. The van der Waals surface area contributed by atoms with Crippen LogP contribution in [0.1, 0.15) is 47.9 Å². The van der Waals surface area contributed by atoms with Crippen molar-refractivity contribution in [2.45, 2.75) is 40.0 Å². The Hall–Kier alpha value is -2.76. The Balaban J connectivity index is 1.99. The van der Waals surface area contributed by atoms with Crippen LogP contribution in [0.2, 0.25) is 0 Å². The smallest absolute Gasteiger partial charge is 0.258 e. The number of hydrogen-bond donors (Lipinski definition) is 2. The zero-order valence-electron chi connectivity index (χ0n) is 14.2. The van der Waals surface area contributed by atoms with Gasteiger partial charge in [-0.05, 0) is 50.6 Å². The Morgan fingerprint density at radius 3 is 2.21 bits per heavy atom. The minimum atomic E-state index is -0.288. The number of carbonyl (C=O) groups excluding carboxylic acids is 2. The van der Waals surface area contributed by atoms with Crippen LogP contribution in [0.4, 0.5) is 11.6 Å². The van der Waals surface area contributed by atoms with Crippen LogP contribution in [0.25, 0.3) is 0 Å². The SMILES string of the molecule is CCCCC(=O)Nc1ccc(C(=O)Nc2nc(C)cc(C)n2)cc1. The van der Waals surface area contributed by atoms with Crippen molar-refractivity contribution in [3.63, 3.8) is 0 Å². The lowest BCUT2D eigenvalue weighted by Gasteiger charge is -2.07. The molecule has 0 radical (unpaired) electrons. The summed E-state index contributed by atoms with van der Waals surface area (Å²) in [4.78, 5) is 32.3. The summed E-state index contributed by atoms with van der Waals surface area (Å²) in [6, 6.07) is 8.58. The third kappa shape index (κ3) is 5.15. The zero-order valence-corrected chi connectivity index (χ0v) is 14.2. The monoisotopic (exact) mass is 326 g/mol. The van der Waals surface area contributed by atoms with Gasteiger partial charge in [-0.25, -0.2) is 9.97 Å². The first-order chi connectivity index (χ1) is 11.5. The van der Waals surface area contributed by atoms with Gasteiger partial charge in [0, 0.05) is 29.1 Å². The second kappa shape index (κ2) is 8.19. The number of nitrogens with zero attached hydrogens (tertiary/aromatic N) is 2. The van der Waals surface area contributed by atoms with E-state index in [2.05, 4.69) is 20.6 Å². The van der Waals surface area contributed by atoms with Gasteiger partial charge < -0.3 is 5.32 Å². The van der Waals surface area contributed by atoms with Crippen molar-refractivity contribution < 1.29 is 9.59 Å². The lowest BCUT2D eigenvalue weighted by atomic mass is 10.2. The van der Waals surface area contributed by atoms with E-state index in [0.29, 0.717) is 17.7 Å². The summed E-state index contributed by atoms with van der Waals surface area (Å²) < 4.78 is 0. The molecule has 0 fully saturated rings. The summed E-state index contributed by atoms with van der Waals surface area (Å²) >= 11 is 0.